The molecule has 6 fully saturated rings. The standard InChI is InChI=1S/C36H49FN2O4.C19H24BrFO3.C17H26N2O/c1-35(2,3)43-34(40)33(30-22-26(37)12-14-29(30)32-15-17-36(18-19-36)24-42-32)39-20-16-28(23-39)41-21-7-6-9-27-13-11-25-8-4-5-10-31(25)38-27;1-18(2,3)24-17(22)16(20)14-10-12(21)4-5-13(14)15-6-7-19(8-9-19)11-23-15;1-2-7-17-14(5-1)8-9-15(19-17)6-3-4-12-20-16-10-11-18-13-16/h11-14,22,28,32-33H,4-10,15-21,23-24H2,1-3H3;4-5,10,15-16H,6-9,11H2,1-3H3;8-9,16,18H,1-7,10-13H2/t28-,32?,33?;;16-/m1.1/s1. The maximum Gasteiger partial charge on any atom is 0.328 e. The van der Waals surface area contributed by atoms with Crippen LogP contribution in [0, 0.1) is 22.5 Å². The van der Waals surface area contributed by atoms with Crippen LogP contribution in [0.25, 0.3) is 0 Å². The average Bonchev–Trinajstić information content (AvgIpc) is 2.08. The number of likely N-dealkylation sites (tertiary alicyclic amines) is 1. The molecule has 476 valence electrons. The molecule has 2 spiro atoms. The fraction of sp³-hybridized carbons (Fsp3) is 0.667. The van der Waals surface area contributed by atoms with Crippen LogP contribution in [0.4, 0.5) is 8.78 Å². The van der Waals surface area contributed by atoms with Crippen LogP contribution in [0.5, 0.6) is 0 Å². The number of fused-ring (bicyclic) bond motifs is 2. The van der Waals surface area contributed by atoms with E-state index in [2.05, 4.69) is 50.4 Å². The normalized spacial score (nSPS) is 23.5. The minimum absolute atomic E-state index is 0.0319. The Bertz CT molecular complexity index is 2910. The van der Waals surface area contributed by atoms with Crippen LogP contribution in [-0.2, 0) is 76.5 Å². The lowest BCUT2D eigenvalue weighted by Crippen LogP contribution is -2.38. The first-order chi connectivity index (χ1) is 41.8. The molecule has 8 aliphatic rings. The summed E-state index contributed by atoms with van der Waals surface area (Å²) >= 11 is 3.39. The van der Waals surface area contributed by atoms with Crippen LogP contribution < -0.4 is 5.32 Å². The van der Waals surface area contributed by atoms with Crippen molar-refractivity contribution in [3.63, 3.8) is 0 Å². The number of alkyl halides is 1. The maximum atomic E-state index is 14.8. The summed E-state index contributed by atoms with van der Waals surface area (Å²) in [6.45, 7) is 17.6. The molecule has 4 aliphatic heterocycles. The van der Waals surface area contributed by atoms with Gasteiger partial charge in [-0.3, -0.25) is 19.7 Å². The Labute approximate surface area is 526 Å². The Hall–Kier alpha value is -4.22. The first-order valence-corrected chi connectivity index (χ1v) is 34.3. The second-order valence-corrected chi connectivity index (χ2v) is 29.4. The van der Waals surface area contributed by atoms with E-state index in [9.17, 15) is 18.4 Å². The number of aryl methyl sites for hydroxylation is 6. The van der Waals surface area contributed by atoms with Crippen LogP contribution >= 0.6 is 15.9 Å². The second kappa shape index (κ2) is 29.8. The lowest BCUT2D eigenvalue weighted by atomic mass is 9.88. The molecule has 2 saturated carbocycles. The van der Waals surface area contributed by atoms with Crippen LogP contribution in [0.15, 0.2) is 60.7 Å². The number of carbonyl (C=O) groups is 2. The molecule has 4 aromatic rings. The summed E-state index contributed by atoms with van der Waals surface area (Å²) < 4.78 is 64.5. The highest BCUT2D eigenvalue weighted by Gasteiger charge is 2.48. The van der Waals surface area contributed by atoms with E-state index in [1.807, 2.05) is 47.6 Å². The van der Waals surface area contributed by atoms with Gasteiger partial charge in [0.25, 0.3) is 0 Å². The number of rotatable bonds is 19. The van der Waals surface area contributed by atoms with Gasteiger partial charge < -0.3 is 33.7 Å². The van der Waals surface area contributed by atoms with E-state index in [4.69, 9.17) is 38.4 Å². The molecule has 0 amide bonds. The van der Waals surface area contributed by atoms with Gasteiger partial charge in [-0.2, -0.15) is 0 Å². The van der Waals surface area contributed by atoms with Crippen LogP contribution in [-0.4, -0.2) is 103 Å². The fourth-order valence-electron chi connectivity index (χ4n) is 13.6. The Morgan fingerprint density at radius 2 is 1.14 bits per heavy atom. The van der Waals surface area contributed by atoms with Gasteiger partial charge in [-0.25, -0.2) is 13.6 Å². The van der Waals surface area contributed by atoms with Gasteiger partial charge in [0.2, 0.25) is 0 Å². The summed E-state index contributed by atoms with van der Waals surface area (Å²) in [5.41, 5.74) is 10.6. The van der Waals surface area contributed by atoms with E-state index >= 15 is 0 Å². The number of nitrogens with zero attached hydrogens (tertiary/aromatic N) is 3. The van der Waals surface area contributed by atoms with Gasteiger partial charge >= 0.3 is 11.9 Å². The highest BCUT2D eigenvalue weighted by molar-refractivity contribution is 9.09. The van der Waals surface area contributed by atoms with Gasteiger partial charge in [0.05, 0.1) is 37.6 Å². The number of nitrogens with one attached hydrogen (secondary N) is 1. The molecule has 15 heteroatoms. The van der Waals surface area contributed by atoms with Crippen molar-refractivity contribution < 1.29 is 46.8 Å². The van der Waals surface area contributed by atoms with Crippen LogP contribution in [0.2, 0.25) is 0 Å². The summed E-state index contributed by atoms with van der Waals surface area (Å²) in [4.78, 5) is 37.3. The van der Waals surface area contributed by atoms with Crippen molar-refractivity contribution in [2.24, 2.45) is 10.8 Å². The SMILES string of the molecule is CC(C)(C)OC(=O)C(Br)c1cc(F)ccc1C1CCC2(CC2)CO1.CC(C)(C)OC(=O)C(c1cc(F)ccc1C1CCC2(CC2)CO1)N1CC[C@@H](OCCCCc2ccc3c(n2)CCCC3)C1.c1cc2c(nc1CCCCO[C@@H]1CCNC1)CCCC2. The number of carbonyl (C=O) groups excluding carboxylic acids is 2. The zero-order valence-electron chi connectivity index (χ0n) is 53.1. The molecule has 4 aliphatic carbocycles. The second-order valence-electron chi connectivity index (χ2n) is 28.5. The number of ether oxygens (including phenoxy) is 6. The van der Waals surface area contributed by atoms with Crippen molar-refractivity contribution in [3.05, 3.63) is 128 Å². The topological polar surface area (TPSA) is 131 Å². The molecule has 2 aromatic carbocycles. The van der Waals surface area contributed by atoms with E-state index in [1.165, 1.54) is 142 Å². The molecular weight excluding hydrogens is 1170 g/mol. The molecule has 4 unspecified atom stereocenters. The average molecular weight is 1270 g/mol. The van der Waals surface area contributed by atoms with E-state index in [0.29, 0.717) is 47.8 Å². The van der Waals surface area contributed by atoms with Gasteiger partial charge in [-0.1, -0.05) is 40.2 Å². The van der Waals surface area contributed by atoms with E-state index < -0.39 is 28.0 Å². The number of hydrogen-bond donors (Lipinski definition) is 1. The van der Waals surface area contributed by atoms with Crippen molar-refractivity contribution in [1.82, 2.24) is 20.2 Å². The summed E-state index contributed by atoms with van der Waals surface area (Å²) in [5, 5.41) is 3.33. The Morgan fingerprint density at radius 1 is 0.632 bits per heavy atom. The number of pyridine rings is 2. The minimum Gasteiger partial charge on any atom is -0.459 e. The molecule has 6 atom stereocenters. The van der Waals surface area contributed by atoms with E-state index in [-0.39, 0.29) is 35.9 Å². The first-order valence-electron chi connectivity index (χ1n) is 33.3. The van der Waals surface area contributed by atoms with Crippen molar-refractivity contribution in [2.45, 2.75) is 242 Å². The highest BCUT2D eigenvalue weighted by atomic mass is 79.9. The summed E-state index contributed by atoms with van der Waals surface area (Å²) in [5.74, 6) is -1.46. The zero-order valence-corrected chi connectivity index (χ0v) is 54.7. The Balaban J connectivity index is 0.000000160. The molecular formula is C72H99BrF2N4O8. The molecule has 12 nitrogen and oxygen atoms in total. The van der Waals surface area contributed by atoms with Crippen molar-refractivity contribution >= 4 is 27.9 Å². The molecule has 6 heterocycles. The number of hydrogen-bond acceptors (Lipinski definition) is 12. The predicted molar refractivity (Wildman–Crippen MR) is 339 cm³/mol. The number of esters is 2. The predicted octanol–water partition coefficient (Wildman–Crippen LogP) is 15.1. The third kappa shape index (κ3) is 18.9. The number of unbranched alkanes of at least 4 members (excludes halogenated alkanes) is 2. The third-order valence-corrected chi connectivity index (χ3v) is 19.8. The molecule has 0 radical (unpaired) electrons. The molecule has 2 aromatic heterocycles. The number of benzene rings is 2. The number of aromatic nitrogens is 2. The largest absolute Gasteiger partial charge is 0.459 e. The zero-order chi connectivity index (χ0) is 61.2. The fourth-order valence-corrected chi connectivity index (χ4v) is 14.1. The summed E-state index contributed by atoms with van der Waals surface area (Å²) in [6.07, 6.45) is 27.6. The minimum atomic E-state index is -0.706. The highest BCUT2D eigenvalue weighted by Crippen LogP contribution is 2.56. The lowest BCUT2D eigenvalue weighted by Gasteiger charge is -2.34. The first kappa shape index (κ1) is 65.7. The Kier molecular flexibility index (Phi) is 22.5. The Morgan fingerprint density at radius 3 is 1.63 bits per heavy atom. The summed E-state index contributed by atoms with van der Waals surface area (Å²) in [7, 11) is 0. The molecule has 1 N–H and O–H groups in total. The monoisotopic (exact) mass is 1260 g/mol. The van der Waals surface area contributed by atoms with Gasteiger partial charge in [0.15, 0.2) is 0 Å². The van der Waals surface area contributed by atoms with Crippen LogP contribution in [0.3, 0.4) is 0 Å². The van der Waals surface area contributed by atoms with Gasteiger partial charge in [-0.05, 0) is 283 Å². The lowest BCUT2D eigenvalue weighted by molar-refractivity contribution is -0.161. The van der Waals surface area contributed by atoms with Crippen molar-refractivity contribution in [3.8, 4) is 0 Å². The van der Waals surface area contributed by atoms with Crippen molar-refractivity contribution in [2.75, 3.05) is 52.6 Å². The number of halogens is 3. The molecule has 87 heavy (non-hydrogen) atoms. The van der Waals surface area contributed by atoms with E-state index in [1.54, 1.807) is 6.07 Å². The van der Waals surface area contributed by atoms with Gasteiger partial charge in [-0.15, -0.1) is 0 Å². The molecule has 0 bridgehead atoms. The molecule has 12 rings (SSSR count). The van der Waals surface area contributed by atoms with Crippen molar-refractivity contribution in [1.29, 1.82) is 0 Å². The smallest absolute Gasteiger partial charge is 0.328 e. The van der Waals surface area contributed by atoms with Gasteiger partial charge in [0.1, 0.15) is 33.7 Å². The third-order valence-electron chi connectivity index (χ3n) is 19.0. The summed E-state index contributed by atoms with van der Waals surface area (Å²) in [6, 6.07) is 17.7. The van der Waals surface area contributed by atoms with E-state index in [0.717, 1.165) is 115 Å². The van der Waals surface area contributed by atoms with Crippen LogP contribution in [0.1, 0.15) is 236 Å². The molecule has 4 saturated heterocycles. The maximum absolute atomic E-state index is 14.8. The van der Waals surface area contributed by atoms with Gasteiger partial charge in [0, 0.05) is 55.6 Å². The quantitative estimate of drug-likeness (QED) is 0.0545.